The molecular weight excluding hydrogens is 309 g/mol. The predicted molar refractivity (Wildman–Crippen MR) is 85.8 cm³/mol. The SMILES string of the molecule is CCC1SCCSC1c1noc(-c2cc(F)ccc2N)n1. The van der Waals surface area contributed by atoms with Gasteiger partial charge in [-0.05, 0) is 24.6 Å². The molecule has 1 aliphatic rings. The van der Waals surface area contributed by atoms with Crippen molar-refractivity contribution in [3.63, 3.8) is 0 Å². The fourth-order valence-electron chi connectivity index (χ4n) is 2.32. The molecule has 0 bridgehead atoms. The number of nitrogen functional groups attached to an aromatic ring is 1. The lowest BCUT2D eigenvalue weighted by Crippen LogP contribution is -2.19. The lowest BCUT2D eigenvalue weighted by atomic mass is 10.2. The van der Waals surface area contributed by atoms with Crippen molar-refractivity contribution in [3.05, 3.63) is 29.8 Å². The van der Waals surface area contributed by atoms with Crippen LogP contribution in [0, 0.1) is 5.82 Å². The van der Waals surface area contributed by atoms with Gasteiger partial charge in [-0.15, -0.1) is 11.8 Å². The zero-order valence-electron chi connectivity index (χ0n) is 11.6. The summed E-state index contributed by atoms with van der Waals surface area (Å²) in [6.45, 7) is 2.17. The van der Waals surface area contributed by atoms with E-state index in [1.165, 1.54) is 18.2 Å². The Kier molecular flexibility index (Phi) is 4.40. The van der Waals surface area contributed by atoms with Crippen LogP contribution in [0.1, 0.15) is 24.4 Å². The Hall–Kier alpha value is -1.21. The lowest BCUT2D eigenvalue weighted by molar-refractivity contribution is 0.421. The zero-order valence-corrected chi connectivity index (χ0v) is 13.2. The van der Waals surface area contributed by atoms with Crippen LogP contribution in [0.3, 0.4) is 0 Å². The average molecular weight is 325 g/mol. The first-order valence-electron chi connectivity index (χ1n) is 6.81. The van der Waals surface area contributed by atoms with Crippen LogP contribution in [0.4, 0.5) is 10.1 Å². The molecule has 0 radical (unpaired) electrons. The number of halogens is 1. The maximum atomic E-state index is 13.4. The lowest BCUT2D eigenvalue weighted by Gasteiger charge is -2.27. The molecule has 2 aromatic rings. The van der Waals surface area contributed by atoms with Crippen LogP contribution in [0.2, 0.25) is 0 Å². The molecule has 1 aromatic carbocycles. The van der Waals surface area contributed by atoms with Crippen LogP contribution in [-0.2, 0) is 0 Å². The molecular formula is C14H16FN3OS2. The molecule has 0 saturated carbocycles. The van der Waals surface area contributed by atoms with Gasteiger partial charge in [0.15, 0.2) is 5.82 Å². The van der Waals surface area contributed by atoms with Crippen LogP contribution in [0.15, 0.2) is 22.7 Å². The number of thioether (sulfide) groups is 2. The number of aromatic nitrogens is 2. The maximum Gasteiger partial charge on any atom is 0.260 e. The molecule has 4 nitrogen and oxygen atoms in total. The van der Waals surface area contributed by atoms with Crippen molar-refractivity contribution in [3.8, 4) is 11.5 Å². The summed E-state index contributed by atoms with van der Waals surface area (Å²) in [5.74, 6) is 2.83. The van der Waals surface area contributed by atoms with Gasteiger partial charge in [-0.1, -0.05) is 12.1 Å². The highest BCUT2D eigenvalue weighted by Crippen LogP contribution is 2.43. The van der Waals surface area contributed by atoms with E-state index in [4.69, 9.17) is 10.3 Å². The van der Waals surface area contributed by atoms with E-state index < -0.39 is 0 Å². The molecule has 112 valence electrons. The zero-order chi connectivity index (χ0) is 14.8. The summed E-state index contributed by atoms with van der Waals surface area (Å²) in [6, 6.07) is 4.15. The van der Waals surface area contributed by atoms with E-state index in [0.29, 0.717) is 22.3 Å². The van der Waals surface area contributed by atoms with Gasteiger partial charge in [0.05, 0.1) is 10.8 Å². The third-order valence-corrected chi connectivity index (χ3v) is 6.64. The summed E-state index contributed by atoms with van der Waals surface area (Å²) in [6.07, 6.45) is 1.06. The number of benzene rings is 1. The quantitative estimate of drug-likeness (QED) is 0.867. The normalized spacial score (nSPS) is 22.4. The molecule has 7 heteroatoms. The second-order valence-electron chi connectivity index (χ2n) is 4.80. The molecule has 0 spiro atoms. The molecule has 2 unspecified atom stereocenters. The second kappa shape index (κ2) is 6.27. The summed E-state index contributed by atoms with van der Waals surface area (Å²) in [5, 5.41) is 4.80. The number of nitrogens with two attached hydrogens (primary N) is 1. The van der Waals surface area contributed by atoms with Crippen molar-refractivity contribution >= 4 is 29.2 Å². The molecule has 21 heavy (non-hydrogen) atoms. The first-order chi connectivity index (χ1) is 10.2. The highest BCUT2D eigenvalue weighted by molar-refractivity contribution is 8.06. The molecule has 0 aliphatic carbocycles. The Morgan fingerprint density at radius 3 is 3.00 bits per heavy atom. The molecule has 1 aromatic heterocycles. The standard InChI is InChI=1S/C14H16FN3OS2/c1-2-11-12(21-6-5-20-11)13-17-14(19-18-13)9-7-8(15)3-4-10(9)16/h3-4,7,11-12H,2,5-6,16H2,1H3. The van der Waals surface area contributed by atoms with E-state index in [1.807, 2.05) is 23.5 Å². The first-order valence-corrected chi connectivity index (χ1v) is 8.91. The van der Waals surface area contributed by atoms with Crippen LogP contribution >= 0.6 is 23.5 Å². The van der Waals surface area contributed by atoms with Crippen LogP contribution in [0.5, 0.6) is 0 Å². The largest absolute Gasteiger partial charge is 0.398 e. The van der Waals surface area contributed by atoms with Crippen LogP contribution < -0.4 is 5.73 Å². The number of anilines is 1. The third-order valence-electron chi connectivity index (χ3n) is 3.39. The Morgan fingerprint density at radius 1 is 1.38 bits per heavy atom. The smallest absolute Gasteiger partial charge is 0.260 e. The van der Waals surface area contributed by atoms with Gasteiger partial charge in [-0.25, -0.2) is 4.39 Å². The minimum Gasteiger partial charge on any atom is -0.398 e. The molecule has 1 fully saturated rings. The Morgan fingerprint density at radius 2 is 2.19 bits per heavy atom. The Labute approximate surface area is 131 Å². The molecule has 3 rings (SSSR count). The van der Waals surface area contributed by atoms with Gasteiger partial charge >= 0.3 is 0 Å². The van der Waals surface area contributed by atoms with E-state index in [2.05, 4.69) is 17.1 Å². The molecule has 2 heterocycles. The highest BCUT2D eigenvalue weighted by Gasteiger charge is 2.30. The van der Waals surface area contributed by atoms with Gasteiger partial charge in [-0.3, -0.25) is 0 Å². The van der Waals surface area contributed by atoms with Crippen molar-refractivity contribution in [1.82, 2.24) is 10.1 Å². The molecule has 1 aliphatic heterocycles. The van der Waals surface area contributed by atoms with E-state index in [9.17, 15) is 4.39 Å². The monoisotopic (exact) mass is 325 g/mol. The van der Waals surface area contributed by atoms with Gasteiger partial charge in [0.25, 0.3) is 5.89 Å². The van der Waals surface area contributed by atoms with Crippen molar-refractivity contribution in [2.24, 2.45) is 0 Å². The summed E-state index contributed by atoms with van der Waals surface area (Å²) in [5.41, 5.74) is 6.75. The van der Waals surface area contributed by atoms with Crippen LogP contribution in [0.25, 0.3) is 11.5 Å². The predicted octanol–water partition coefficient (Wildman–Crippen LogP) is 3.76. The van der Waals surface area contributed by atoms with Gasteiger partial charge in [0.1, 0.15) is 5.82 Å². The molecule has 2 atom stereocenters. The summed E-state index contributed by atoms with van der Waals surface area (Å²) in [7, 11) is 0. The summed E-state index contributed by atoms with van der Waals surface area (Å²) >= 11 is 3.80. The molecule has 0 amide bonds. The van der Waals surface area contributed by atoms with Crippen molar-refractivity contribution < 1.29 is 8.91 Å². The summed E-state index contributed by atoms with van der Waals surface area (Å²) in [4.78, 5) is 4.45. The number of nitrogens with zero attached hydrogens (tertiary/aromatic N) is 2. The Bertz CT molecular complexity index is 634. The van der Waals surface area contributed by atoms with E-state index in [-0.39, 0.29) is 17.0 Å². The fourth-order valence-corrected chi connectivity index (χ4v) is 5.30. The van der Waals surface area contributed by atoms with Gasteiger partial charge in [0.2, 0.25) is 0 Å². The Balaban J connectivity index is 1.90. The molecule has 1 saturated heterocycles. The van der Waals surface area contributed by atoms with Crippen molar-refractivity contribution in [1.29, 1.82) is 0 Å². The average Bonchev–Trinajstić information content (AvgIpc) is 2.99. The van der Waals surface area contributed by atoms with Crippen molar-refractivity contribution in [2.45, 2.75) is 23.8 Å². The minimum atomic E-state index is -0.368. The number of hydrogen-bond donors (Lipinski definition) is 1. The minimum absolute atomic E-state index is 0.223. The number of hydrogen-bond acceptors (Lipinski definition) is 6. The van der Waals surface area contributed by atoms with Gasteiger partial charge in [-0.2, -0.15) is 16.7 Å². The summed E-state index contributed by atoms with van der Waals surface area (Å²) < 4.78 is 18.7. The third kappa shape index (κ3) is 3.03. The van der Waals surface area contributed by atoms with Crippen LogP contribution in [-0.4, -0.2) is 26.9 Å². The van der Waals surface area contributed by atoms with Crippen molar-refractivity contribution in [2.75, 3.05) is 17.2 Å². The second-order valence-corrected chi connectivity index (χ2v) is 7.39. The topological polar surface area (TPSA) is 64.9 Å². The highest BCUT2D eigenvalue weighted by atomic mass is 32.2. The van der Waals surface area contributed by atoms with E-state index in [0.717, 1.165) is 17.9 Å². The van der Waals surface area contributed by atoms with Gasteiger partial charge < -0.3 is 10.3 Å². The first kappa shape index (κ1) is 14.7. The fraction of sp³-hybridized carbons (Fsp3) is 0.429. The van der Waals surface area contributed by atoms with E-state index >= 15 is 0 Å². The maximum absolute atomic E-state index is 13.4. The molecule has 2 N–H and O–H groups in total. The van der Waals surface area contributed by atoms with Gasteiger partial charge in [0, 0.05) is 22.4 Å². The van der Waals surface area contributed by atoms with E-state index in [1.54, 1.807) is 0 Å². The number of rotatable bonds is 3.